The number of nitrogens with zero attached hydrogens (tertiary/aromatic N) is 3. The minimum Gasteiger partial charge on any atom is -0.460 e. The highest BCUT2D eigenvalue weighted by Crippen LogP contribution is 2.17. The maximum absolute atomic E-state index is 11.7. The summed E-state index contributed by atoms with van der Waals surface area (Å²) in [6.07, 6.45) is 1.58. The molecule has 0 fully saturated rings. The minimum absolute atomic E-state index is 0.129. The van der Waals surface area contributed by atoms with E-state index in [1.165, 1.54) is 13.3 Å². The third-order valence-corrected chi connectivity index (χ3v) is 3.07. The Balaban J connectivity index is 1.87. The van der Waals surface area contributed by atoms with Crippen LogP contribution in [0.3, 0.4) is 0 Å². The van der Waals surface area contributed by atoms with Gasteiger partial charge in [-0.15, -0.1) is 0 Å². The van der Waals surface area contributed by atoms with Gasteiger partial charge in [0.15, 0.2) is 0 Å². The van der Waals surface area contributed by atoms with Gasteiger partial charge in [-0.2, -0.15) is 4.98 Å². The summed E-state index contributed by atoms with van der Waals surface area (Å²) < 4.78 is 5.24. The third kappa shape index (κ3) is 7.68. The van der Waals surface area contributed by atoms with Crippen LogP contribution < -0.4 is 16.0 Å². The fourth-order valence-corrected chi connectivity index (χ4v) is 2.08. The van der Waals surface area contributed by atoms with Crippen molar-refractivity contribution >= 4 is 35.1 Å². The van der Waals surface area contributed by atoms with Crippen molar-refractivity contribution in [3.05, 3.63) is 30.6 Å². The first-order valence-electron chi connectivity index (χ1n) is 8.51. The van der Waals surface area contributed by atoms with Crippen LogP contribution >= 0.6 is 0 Å². The van der Waals surface area contributed by atoms with Gasteiger partial charge < -0.3 is 20.7 Å². The molecule has 0 spiro atoms. The standard InChI is InChI=1S/C18H24N6O3/c1-12(25)22-13-5-7-14(8-6-13)23-17-21-11-20-16(24-17)19-10-9-15(26)27-18(2,3)4/h5-8,11H,9-10H2,1-4H3,(H,22,25)(H2,19,20,21,23,24). The zero-order chi connectivity index (χ0) is 19.9. The lowest BCUT2D eigenvalue weighted by Gasteiger charge is -2.19. The number of carbonyl (C=O) groups is 2. The SMILES string of the molecule is CC(=O)Nc1ccc(Nc2ncnc(NCCC(=O)OC(C)(C)C)n2)cc1. The number of hydrogen-bond acceptors (Lipinski definition) is 8. The fourth-order valence-electron chi connectivity index (χ4n) is 2.08. The van der Waals surface area contributed by atoms with E-state index in [-0.39, 0.29) is 18.3 Å². The third-order valence-electron chi connectivity index (χ3n) is 3.07. The lowest BCUT2D eigenvalue weighted by molar-refractivity contribution is -0.154. The predicted molar refractivity (Wildman–Crippen MR) is 103 cm³/mol. The van der Waals surface area contributed by atoms with Gasteiger partial charge >= 0.3 is 5.97 Å². The van der Waals surface area contributed by atoms with E-state index in [1.807, 2.05) is 20.8 Å². The highest BCUT2D eigenvalue weighted by Gasteiger charge is 2.15. The summed E-state index contributed by atoms with van der Waals surface area (Å²) in [6, 6.07) is 7.13. The molecule has 0 aliphatic rings. The van der Waals surface area contributed by atoms with Crippen LogP contribution in [0.15, 0.2) is 30.6 Å². The first kappa shape index (κ1) is 20.1. The van der Waals surface area contributed by atoms with Gasteiger partial charge in [0.2, 0.25) is 17.8 Å². The van der Waals surface area contributed by atoms with E-state index < -0.39 is 5.60 Å². The van der Waals surface area contributed by atoms with Crippen LogP contribution in [0.1, 0.15) is 34.1 Å². The Morgan fingerprint density at radius 3 is 2.30 bits per heavy atom. The molecule has 0 aliphatic heterocycles. The number of carbonyl (C=O) groups excluding carboxylic acids is 2. The Bertz CT molecular complexity index is 786. The summed E-state index contributed by atoms with van der Waals surface area (Å²) in [6.45, 7) is 7.28. The Kier molecular flexibility index (Phi) is 6.64. The second-order valence-electron chi connectivity index (χ2n) is 6.78. The molecular weight excluding hydrogens is 348 g/mol. The van der Waals surface area contributed by atoms with Gasteiger partial charge in [-0.25, -0.2) is 9.97 Å². The molecule has 0 unspecified atom stereocenters. The molecule has 3 N–H and O–H groups in total. The van der Waals surface area contributed by atoms with Crippen LogP contribution in [0, 0.1) is 0 Å². The van der Waals surface area contributed by atoms with E-state index in [2.05, 4.69) is 30.9 Å². The van der Waals surface area contributed by atoms with Gasteiger partial charge in [-0.05, 0) is 45.0 Å². The molecule has 27 heavy (non-hydrogen) atoms. The Morgan fingerprint density at radius 1 is 1.04 bits per heavy atom. The van der Waals surface area contributed by atoms with E-state index in [4.69, 9.17) is 4.74 Å². The summed E-state index contributed by atoms with van der Waals surface area (Å²) in [5.41, 5.74) is 0.958. The van der Waals surface area contributed by atoms with Crippen LogP contribution in [-0.4, -0.2) is 39.0 Å². The summed E-state index contributed by atoms with van der Waals surface area (Å²) >= 11 is 0. The summed E-state index contributed by atoms with van der Waals surface area (Å²) in [5.74, 6) is 0.292. The molecule has 0 radical (unpaired) electrons. The van der Waals surface area contributed by atoms with Crippen molar-refractivity contribution < 1.29 is 14.3 Å². The molecule has 1 aromatic carbocycles. The summed E-state index contributed by atoms with van der Waals surface area (Å²) in [7, 11) is 0. The van der Waals surface area contributed by atoms with Crippen molar-refractivity contribution in [2.24, 2.45) is 0 Å². The monoisotopic (exact) mass is 372 g/mol. The predicted octanol–water partition coefficient (Wildman–Crippen LogP) is 2.72. The van der Waals surface area contributed by atoms with Crippen molar-refractivity contribution in [2.75, 3.05) is 22.5 Å². The highest BCUT2D eigenvalue weighted by molar-refractivity contribution is 5.88. The number of benzene rings is 1. The van der Waals surface area contributed by atoms with Crippen LogP contribution in [0.2, 0.25) is 0 Å². The van der Waals surface area contributed by atoms with E-state index in [0.29, 0.717) is 24.1 Å². The average molecular weight is 372 g/mol. The molecule has 0 aliphatic carbocycles. The maximum atomic E-state index is 11.7. The number of aromatic nitrogens is 3. The molecule has 144 valence electrons. The van der Waals surface area contributed by atoms with Gasteiger partial charge in [0, 0.05) is 24.8 Å². The van der Waals surface area contributed by atoms with Gasteiger partial charge in [0.1, 0.15) is 11.9 Å². The van der Waals surface area contributed by atoms with Crippen molar-refractivity contribution in [1.82, 2.24) is 15.0 Å². The Hall–Kier alpha value is -3.23. The van der Waals surface area contributed by atoms with Gasteiger partial charge in [-0.3, -0.25) is 9.59 Å². The van der Waals surface area contributed by atoms with Gasteiger partial charge in [-0.1, -0.05) is 0 Å². The molecule has 1 amide bonds. The zero-order valence-corrected chi connectivity index (χ0v) is 15.9. The molecule has 0 saturated heterocycles. The minimum atomic E-state index is -0.503. The topological polar surface area (TPSA) is 118 Å². The molecular formula is C18H24N6O3. The largest absolute Gasteiger partial charge is 0.460 e. The Labute approximate surface area is 158 Å². The molecule has 0 bridgehead atoms. The van der Waals surface area contributed by atoms with Crippen molar-refractivity contribution in [1.29, 1.82) is 0 Å². The molecule has 1 heterocycles. The molecule has 1 aromatic heterocycles. The quantitative estimate of drug-likeness (QED) is 0.635. The first-order valence-corrected chi connectivity index (χ1v) is 8.51. The van der Waals surface area contributed by atoms with E-state index in [1.54, 1.807) is 24.3 Å². The molecule has 2 rings (SSSR count). The van der Waals surface area contributed by atoms with Crippen molar-refractivity contribution in [3.8, 4) is 0 Å². The molecule has 0 atom stereocenters. The summed E-state index contributed by atoms with van der Waals surface area (Å²) in [4.78, 5) is 35.1. The van der Waals surface area contributed by atoms with E-state index >= 15 is 0 Å². The van der Waals surface area contributed by atoms with Crippen LogP contribution in [0.5, 0.6) is 0 Å². The normalized spacial score (nSPS) is 10.8. The number of rotatable bonds is 7. The maximum Gasteiger partial charge on any atom is 0.308 e. The number of ether oxygens (including phenoxy) is 1. The lowest BCUT2D eigenvalue weighted by atomic mass is 10.2. The van der Waals surface area contributed by atoms with Crippen molar-refractivity contribution in [2.45, 2.75) is 39.7 Å². The number of hydrogen-bond donors (Lipinski definition) is 3. The van der Waals surface area contributed by atoms with Crippen LogP contribution in [0.4, 0.5) is 23.3 Å². The first-order chi connectivity index (χ1) is 12.7. The smallest absolute Gasteiger partial charge is 0.308 e. The second kappa shape index (κ2) is 8.93. The lowest BCUT2D eigenvalue weighted by Crippen LogP contribution is -2.25. The van der Waals surface area contributed by atoms with Gasteiger partial charge in [0.25, 0.3) is 0 Å². The second-order valence-corrected chi connectivity index (χ2v) is 6.78. The average Bonchev–Trinajstić information content (AvgIpc) is 2.55. The van der Waals surface area contributed by atoms with Gasteiger partial charge in [0.05, 0.1) is 6.42 Å². The Morgan fingerprint density at radius 2 is 1.67 bits per heavy atom. The molecule has 9 heteroatoms. The number of amides is 1. The van der Waals surface area contributed by atoms with Crippen molar-refractivity contribution in [3.63, 3.8) is 0 Å². The highest BCUT2D eigenvalue weighted by atomic mass is 16.6. The van der Waals surface area contributed by atoms with E-state index in [9.17, 15) is 9.59 Å². The molecule has 9 nitrogen and oxygen atoms in total. The number of anilines is 4. The van der Waals surface area contributed by atoms with Crippen LogP contribution in [0.25, 0.3) is 0 Å². The summed E-state index contributed by atoms with van der Waals surface area (Å²) in [5, 5.41) is 8.71. The van der Waals surface area contributed by atoms with Crippen LogP contribution in [-0.2, 0) is 14.3 Å². The van der Waals surface area contributed by atoms with E-state index in [0.717, 1.165) is 5.69 Å². The molecule has 2 aromatic rings. The number of esters is 1. The number of nitrogens with one attached hydrogen (secondary N) is 3. The molecule has 0 saturated carbocycles. The fraction of sp³-hybridized carbons (Fsp3) is 0.389. The zero-order valence-electron chi connectivity index (χ0n) is 15.9.